The zero-order valence-corrected chi connectivity index (χ0v) is 10.0. The fourth-order valence-electron chi connectivity index (χ4n) is 1.56. The minimum atomic E-state index is -3.55. The van der Waals surface area contributed by atoms with Crippen LogP contribution in [0.15, 0.2) is 0 Å². The maximum Gasteiger partial charge on any atom is 0.280 e. The third-order valence-corrected chi connectivity index (χ3v) is 4.27. The lowest BCUT2D eigenvalue weighted by molar-refractivity contribution is -0.131. The number of hydrogen-bond acceptors (Lipinski definition) is 3. The van der Waals surface area contributed by atoms with Gasteiger partial charge in [0.1, 0.15) is 5.54 Å². The summed E-state index contributed by atoms with van der Waals surface area (Å²) in [6.45, 7) is 5.86. The summed E-state index contributed by atoms with van der Waals surface area (Å²) in [5, 5.41) is 2.64. The van der Waals surface area contributed by atoms with Crippen molar-refractivity contribution in [2.75, 3.05) is 19.6 Å². The quantitative estimate of drug-likeness (QED) is 0.662. The van der Waals surface area contributed by atoms with Crippen LogP contribution in [0.3, 0.4) is 0 Å². The number of piperazine rings is 1. The van der Waals surface area contributed by atoms with Gasteiger partial charge in [0, 0.05) is 19.6 Å². The first-order chi connectivity index (χ1) is 6.82. The van der Waals surface area contributed by atoms with Crippen LogP contribution in [0.1, 0.15) is 20.8 Å². The fraction of sp³-hybridized carbons (Fsp3) is 0.875. The van der Waals surface area contributed by atoms with Gasteiger partial charge in [-0.3, -0.25) is 4.79 Å². The smallest absolute Gasteiger partial charge is 0.280 e. The van der Waals surface area contributed by atoms with Crippen molar-refractivity contribution < 1.29 is 13.2 Å². The third kappa shape index (κ3) is 2.30. The second-order valence-corrected chi connectivity index (χ2v) is 5.57. The molecule has 0 aromatic heterocycles. The molecule has 1 fully saturated rings. The highest BCUT2D eigenvalue weighted by atomic mass is 32.2. The normalized spacial score (nSPS) is 22.5. The minimum Gasteiger partial charge on any atom is -0.353 e. The summed E-state index contributed by atoms with van der Waals surface area (Å²) in [5.41, 5.74) is -1.03. The van der Waals surface area contributed by atoms with Crippen molar-refractivity contribution in [3.05, 3.63) is 0 Å². The number of carbonyl (C=O) groups excluding carboxylic acids is 1. The zero-order valence-electron chi connectivity index (χ0n) is 9.20. The van der Waals surface area contributed by atoms with Crippen LogP contribution in [0.25, 0.3) is 0 Å². The molecular formula is C8H17N3O3S. The molecule has 1 amide bonds. The van der Waals surface area contributed by atoms with Gasteiger partial charge in [-0.1, -0.05) is 6.92 Å². The van der Waals surface area contributed by atoms with Gasteiger partial charge >= 0.3 is 0 Å². The summed E-state index contributed by atoms with van der Waals surface area (Å²) in [5.74, 6) is -0.268. The van der Waals surface area contributed by atoms with Crippen LogP contribution in [0.5, 0.6) is 0 Å². The summed E-state index contributed by atoms with van der Waals surface area (Å²) < 4.78 is 27.1. The van der Waals surface area contributed by atoms with Crippen LogP contribution in [0.4, 0.5) is 0 Å². The Morgan fingerprint density at radius 3 is 2.67 bits per heavy atom. The molecule has 88 valence electrons. The van der Waals surface area contributed by atoms with E-state index in [1.165, 1.54) is 4.31 Å². The van der Waals surface area contributed by atoms with E-state index >= 15 is 0 Å². The van der Waals surface area contributed by atoms with Crippen molar-refractivity contribution in [1.29, 1.82) is 0 Å². The van der Waals surface area contributed by atoms with E-state index in [0.717, 1.165) is 0 Å². The lowest BCUT2D eigenvalue weighted by Gasteiger charge is -2.39. The van der Waals surface area contributed by atoms with Gasteiger partial charge in [-0.2, -0.15) is 12.7 Å². The Morgan fingerprint density at radius 1 is 1.53 bits per heavy atom. The van der Waals surface area contributed by atoms with Crippen LogP contribution < -0.4 is 10.0 Å². The van der Waals surface area contributed by atoms with Crippen molar-refractivity contribution in [1.82, 2.24) is 14.3 Å². The maximum absolute atomic E-state index is 11.8. The molecule has 15 heavy (non-hydrogen) atoms. The van der Waals surface area contributed by atoms with Crippen LogP contribution in [0.2, 0.25) is 0 Å². The van der Waals surface area contributed by atoms with Gasteiger partial charge in [0.05, 0.1) is 0 Å². The standard InChI is InChI=1S/C8H17N3O3S/c1-4-10-15(13,14)11-6-5-9-7(12)8(11,2)3/h10H,4-6H2,1-3H3,(H,9,12). The number of rotatable bonds is 3. The molecule has 0 aromatic carbocycles. The first-order valence-electron chi connectivity index (χ1n) is 4.88. The Kier molecular flexibility index (Phi) is 3.37. The molecule has 1 aliphatic rings. The third-order valence-electron chi connectivity index (χ3n) is 2.40. The molecule has 6 nitrogen and oxygen atoms in total. The summed E-state index contributed by atoms with van der Waals surface area (Å²) in [4.78, 5) is 11.5. The largest absolute Gasteiger partial charge is 0.353 e. The molecule has 1 heterocycles. The van der Waals surface area contributed by atoms with Crippen molar-refractivity contribution in [3.8, 4) is 0 Å². The summed E-state index contributed by atoms with van der Waals surface area (Å²) in [7, 11) is -3.55. The molecule has 1 saturated heterocycles. The molecule has 0 spiro atoms. The van der Waals surface area contributed by atoms with Gasteiger partial charge in [-0.25, -0.2) is 4.72 Å². The number of nitrogens with one attached hydrogen (secondary N) is 2. The van der Waals surface area contributed by atoms with Gasteiger partial charge in [0.2, 0.25) is 5.91 Å². The van der Waals surface area contributed by atoms with Gasteiger partial charge in [0.25, 0.3) is 10.2 Å². The summed E-state index contributed by atoms with van der Waals surface area (Å²) in [6, 6.07) is 0. The Morgan fingerprint density at radius 2 is 2.13 bits per heavy atom. The number of carbonyl (C=O) groups is 1. The van der Waals surface area contributed by atoms with Crippen LogP contribution in [-0.4, -0.2) is 43.8 Å². The van der Waals surface area contributed by atoms with Crippen LogP contribution >= 0.6 is 0 Å². The highest BCUT2D eigenvalue weighted by Gasteiger charge is 2.43. The lowest BCUT2D eigenvalue weighted by Crippen LogP contribution is -2.65. The second-order valence-electron chi connectivity index (χ2n) is 3.89. The van der Waals surface area contributed by atoms with Gasteiger partial charge < -0.3 is 5.32 Å². The predicted octanol–water partition coefficient (Wildman–Crippen LogP) is -0.949. The van der Waals surface area contributed by atoms with Crippen molar-refractivity contribution in [2.45, 2.75) is 26.3 Å². The number of nitrogens with zero attached hydrogens (tertiary/aromatic N) is 1. The Balaban J connectivity index is 2.99. The van der Waals surface area contributed by atoms with Crippen LogP contribution in [0, 0.1) is 0 Å². The number of amides is 1. The second kappa shape index (κ2) is 4.07. The van der Waals surface area contributed by atoms with Crippen LogP contribution in [-0.2, 0) is 15.0 Å². The Hall–Kier alpha value is -0.660. The average molecular weight is 235 g/mol. The molecule has 0 aliphatic carbocycles. The molecule has 0 radical (unpaired) electrons. The monoisotopic (exact) mass is 235 g/mol. The van der Waals surface area contributed by atoms with Gasteiger partial charge in [0.15, 0.2) is 0 Å². The average Bonchev–Trinajstić information content (AvgIpc) is 2.09. The molecule has 1 rings (SSSR count). The molecule has 0 atom stereocenters. The van der Waals surface area contributed by atoms with E-state index < -0.39 is 15.7 Å². The summed E-state index contributed by atoms with van der Waals surface area (Å²) in [6.07, 6.45) is 0. The van der Waals surface area contributed by atoms with E-state index in [1.54, 1.807) is 20.8 Å². The molecule has 0 aromatic rings. The van der Waals surface area contributed by atoms with Gasteiger partial charge in [-0.05, 0) is 13.8 Å². The van der Waals surface area contributed by atoms with Crippen molar-refractivity contribution in [3.63, 3.8) is 0 Å². The topological polar surface area (TPSA) is 78.5 Å². The molecule has 0 unspecified atom stereocenters. The molecule has 0 saturated carbocycles. The van der Waals surface area contributed by atoms with E-state index in [-0.39, 0.29) is 5.91 Å². The van der Waals surface area contributed by atoms with E-state index in [2.05, 4.69) is 10.0 Å². The van der Waals surface area contributed by atoms with E-state index in [9.17, 15) is 13.2 Å². The highest BCUT2D eigenvalue weighted by Crippen LogP contribution is 2.20. The van der Waals surface area contributed by atoms with E-state index in [4.69, 9.17) is 0 Å². The SMILES string of the molecule is CCNS(=O)(=O)N1CCNC(=O)C1(C)C. The van der Waals surface area contributed by atoms with Gasteiger partial charge in [-0.15, -0.1) is 0 Å². The van der Waals surface area contributed by atoms with E-state index in [1.807, 2.05) is 0 Å². The molecular weight excluding hydrogens is 218 g/mol. The first kappa shape index (κ1) is 12.4. The van der Waals surface area contributed by atoms with Crippen molar-refractivity contribution in [2.24, 2.45) is 0 Å². The minimum absolute atomic E-state index is 0.268. The molecule has 2 N–H and O–H groups in total. The van der Waals surface area contributed by atoms with E-state index in [0.29, 0.717) is 19.6 Å². The van der Waals surface area contributed by atoms with Crippen molar-refractivity contribution >= 4 is 16.1 Å². The predicted molar refractivity (Wildman–Crippen MR) is 56.4 cm³/mol. The first-order valence-corrected chi connectivity index (χ1v) is 6.32. The fourth-order valence-corrected chi connectivity index (χ4v) is 3.10. The maximum atomic E-state index is 11.8. The Labute approximate surface area is 90.2 Å². The lowest BCUT2D eigenvalue weighted by atomic mass is 10.0. The highest BCUT2D eigenvalue weighted by molar-refractivity contribution is 7.87. The zero-order chi connectivity index (χ0) is 11.7. The molecule has 1 aliphatic heterocycles. The Bertz CT molecular complexity index is 350. The summed E-state index contributed by atoms with van der Waals surface area (Å²) >= 11 is 0. The molecule has 7 heteroatoms. The number of hydrogen-bond donors (Lipinski definition) is 2. The molecule has 0 bridgehead atoms.